The molecule has 20 heavy (non-hydrogen) atoms. The van der Waals surface area contributed by atoms with Gasteiger partial charge in [-0.3, -0.25) is 0 Å². The largest absolute Gasteiger partial charge is 0.0746 e. The maximum Gasteiger partial charge on any atom is 0.0746 e. The van der Waals surface area contributed by atoms with Crippen LogP contribution in [0.4, 0.5) is 0 Å². The Morgan fingerprint density at radius 3 is 1.20 bits per heavy atom. The van der Waals surface area contributed by atoms with Gasteiger partial charge in [0.05, 0.1) is 7.85 Å². The smallest absolute Gasteiger partial charge is 0.0661 e. The summed E-state index contributed by atoms with van der Waals surface area (Å²) < 4.78 is 0. The summed E-state index contributed by atoms with van der Waals surface area (Å²) in [4.78, 5) is 0. The predicted octanol–water partition coefficient (Wildman–Crippen LogP) is 6.98. The molecule has 0 aliphatic heterocycles. The standard InChI is InChI=1S/C19H37B/c1-2-16-19(20)17-14-12-10-8-6-4-3-5-7-9-11-13-15-18-19/h2-18H2,1H3. The summed E-state index contributed by atoms with van der Waals surface area (Å²) in [5, 5.41) is 0.159. The van der Waals surface area contributed by atoms with E-state index in [0.717, 1.165) is 0 Å². The first-order valence-corrected chi connectivity index (χ1v) is 9.56. The van der Waals surface area contributed by atoms with E-state index in [9.17, 15) is 0 Å². The first-order valence-electron chi connectivity index (χ1n) is 9.56. The van der Waals surface area contributed by atoms with Gasteiger partial charge < -0.3 is 0 Å². The maximum absolute atomic E-state index is 6.68. The van der Waals surface area contributed by atoms with Gasteiger partial charge in [0.15, 0.2) is 0 Å². The molecule has 0 aromatic heterocycles. The second-order valence-electron chi connectivity index (χ2n) is 7.21. The molecule has 1 aliphatic rings. The first-order chi connectivity index (χ1) is 9.77. The minimum atomic E-state index is 0.159. The summed E-state index contributed by atoms with van der Waals surface area (Å²) in [6.45, 7) is 2.29. The summed E-state index contributed by atoms with van der Waals surface area (Å²) >= 11 is 0. The third-order valence-corrected chi connectivity index (χ3v) is 5.10. The van der Waals surface area contributed by atoms with Crippen molar-refractivity contribution < 1.29 is 0 Å². The molecule has 0 amide bonds. The first kappa shape index (κ1) is 18.1. The molecule has 1 aliphatic carbocycles. The predicted molar refractivity (Wildman–Crippen MR) is 92.6 cm³/mol. The van der Waals surface area contributed by atoms with E-state index in [1.54, 1.807) is 0 Å². The van der Waals surface area contributed by atoms with Crippen LogP contribution in [0.25, 0.3) is 0 Å². The van der Waals surface area contributed by atoms with Crippen molar-refractivity contribution >= 4 is 7.85 Å². The van der Waals surface area contributed by atoms with E-state index in [-0.39, 0.29) is 5.31 Å². The second-order valence-corrected chi connectivity index (χ2v) is 7.21. The van der Waals surface area contributed by atoms with E-state index in [0.29, 0.717) is 0 Å². The molecule has 0 saturated heterocycles. The van der Waals surface area contributed by atoms with Crippen molar-refractivity contribution in [1.82, 2.24) is 0 Å². The van der Waals surface area contributed by atoms with E-state index in [2.05, 4.69) is 6.92 Å². The molecule has 0 atom stereocenters. The lowest BCUT2D eigenvalue weighted by Crippen LogP contribution is -2.13. The Morgan fingerprint density at radius 2 is 0.900 bits per heavy atom. The van der Waals surface area contributed by atoms with Crippen LogP contribution in [0.1, 0.15) is 116 Å². The van der Waals surface area contributed by atoms with Crippen molar-refractivity contribution in [2.45, 2.75) is 121 Å². The van der Waals surface area contributed by atoms with Gasteiger partial charge in [-0.1, -0.05) is 121 Å². The van der Waals surface area contributed by atoms with Gasteiger partial charge in [-0.25, -0.2) is 0 Å². The van der Waals surface area contributed by atoms with Crippen LogP contribution < -0.4 is 0 Å². The molecule has 0 aromatic carbocycles. The molecule has 116 valence electrons. The summed E-state index contributed by atoms with van der Waals surface area (Å²) in [5.74, 6) is 0. The van der Waals surface area contributed by atoms with Gasteiger partial charge in [0, 0.05) is 0 Å². The van der Waals surface area contributed by atoms with Crippen molar-refractivity contribution in [3.05, 3.63) is 0 Å². The SMILES string of the molecule is [B]C1(CCC)CCCCCCCCCCCCCCC1. The van der Waals surface area contributed by atoms with Crippen molar-refractivity contribution in [1.29, 1.82) is 0 Å². The quantitative estimate of drug-likeness (QED) is 0.477. The Hall–Kier alpha value is 0.0649. The highest BCUT2D eigenvalue weighted by Crippen LogP contribution is 2.40. The van der Waals surface area contributed by atoms with Crippen molar-refractivity contribution in [3.8, 4) is 0 Å². The summed E-state index contributed by atoms with van der Waals surface area (Å²) in [5.41, 5.74) is 0. The monoisotopic (exact) mass is 276 g/mol. The molecular formula is C19H37B. The lowest BCUT2D eigenvalue weighted by Gasteiger charge is -2.30. The third-order valence-electron chi connectivity index (χ3n) is 5.10. The fraction of sp³-hybridized carbons (Fsp3) is 1.00. The van der Waals surface area contributed by atoms with Crippen molar-refractivity contribution in [3.63, 3.8) is 0 Å². The molecule has 0 unspecified atom stereocenters. The Labute approximate surface area is 129 Å². The minimum absolute atomic E-state index is 0.159. The average molecular weight is 276 g/mol. The molecule has 0 nitrogen and oxygen atoms in total. The van der Waals surface area contributed by atoms with Gasteiger partial charge in [0.25, 0.3) is 0 Å². The number of hydrogen-bond donors (Lipinski definition) is 0. The van der Waals surface area contributed by atoms with Crippen molar-refractivity contribution in [2.75, 3.05) is 0 Å². The Morgan fingerprint density at radius 1 is 0.600 bits per heavy atom. The van der Waals surface area contributed by atoms with E-state index in [4.69, 9.17) is 7.85 Å². The molecule has 1 fully saturated rings. The van der Waals surface area contributed by atoms with Crippen LogP contribution in [0.15, 0.2) is 0 Å². The van der Waals surface area contributed by atoms with Gasteiger partial charge >= 0.3 is 0 Å². The zero-order valence-corrected chi connectivity index (χ0v) is 14.1. The molecule has 0 aromatic rings. The molecule has 0 heterocycles. The number of rotatable bonds is 2. The van der Waals surface area contributed by atoms with E-state index in [1.807, 2.05) is 0 Å². The van der Waals surface area contributed by atoms with Gasteiger partial charge in [-0.15, -0.1) is 0 Å². The zero-order chi connectivity index (χ0) is 14.5. The summed E-state index contributed by atoms with van der Waals surface area (Å²) in [6.07, 6.45) is 23.6. The topological polar surface area (TPSA) is 0 Å². The Kier molecular flexibility index (Phi) is 10.6. The van der Waals surface area contributed by atoms with Crippen LogP contribution in [0.3, 0.4) is 0 Å². The van der Waals surface area contributed by atoms with Gasteiger partial charge in [0.2, 0.25) is 0 Å². The van der Waals surface area contributed by atoms with Crippen LogP contribution in [0, 0.1) is 0 Å². The molecule has 0 N–H and O–H groups in total. The lowest BCUT2D eigenvalue weighted by molar-refractivity contribution is 0.395. The van der Waals surface area contributed by atoms with Crippen LogP contribution >= 0.6 is 0 Å². The highest BCUT2D eigenvalue weighted by molar-refractivity contribution is 6.15. The Balaban J connectivity index is 2.31. The van der Waals surface area contributed by atoms with E-state index < -0.39 is 0 Å². The van der Waals surface area contributed by atoms with Gasteiger partial charge in [-0.05, 0) is 0 Å². The Bertz CT molecular complexity index is 196. The summed E-state index contributed by atoms with van der Waals surface area (Å²) in [7, 11) is 6.68. The number of hydrogen-bond acceptors (Lipinski definition) is 0. The molecule has 1 heteroatoms. The third kappa shape index (κ3) is 9.08. The minimum Gasteiger partial charge on any atom is -0.0661 e. The van der Waals surface area contributed by atoms with E-state index >= 15 is 0 Å². The molecule has 1 saturated carbocycles. The normalized spacial score (nSPS) is 24.2. The average Bonchev–Trinajstić information content (AvgIpc) is 2.42. The van der Waals surface area contributed by atoms with Crippen LogP contribution in [0.5, 0.6) is 0 Å². The van der Waals surface area contributed by atoms with Gasteiger partial charge in [-0.2, -0.15) is 0 Å². The molecule has 0 bridgehead atoms. The zero-order valence-electron chi connectivity index (χ0n) is 14.1. The van der Waals surface area contributed by atoms with Crippen LogP contribution in [-0.2, 0) is 0 Å². The fourth-order valence-electron chi connectivity index (χ4n) is 3.77. The highest BCUT2D eigenvalue weighted by atomic mass is 14.2. The van der Waals surface area contributed by atoms with Crippen molar-refractivity contribution in [2.24, 2.45) is 0 Å². The van der Waals surface area contributed by atoms with Gasteiger partial charge in [0.1, 0.15) is 0 Å². The summed E-state index contributed by atoms with van der Waals surface area (Å²) in [6, 6.07) is 0. The highest BCUT2D eigenvalue weighted by Gasteiger charge is 2.21. The molecule has 0 spiro atoms. The second kappa shape index (κ2) is 11.7. The maximum atomic E-state index is 6.68. The molecule has 1 rings (SSSR count). The van der Waals surface area contributed by atoms with E-state index in [1.165, 1.54) is 109 Å². The molecular weight excluding hydrogens is 239 g/mol. The van der Waals surface area contributed by atoms with Crippen LogP contribution in [-0.4, -0.2) is 7.85 Å². The molecule has 2 radical (unpaired) electrons. The van der Waals surface area contributed by atoms with Crippen LogP contribution in [0.2, 0.25) is 5.31 Å². The fourth-order valence-corrected chi connectivity index (χ4v) is 3.77. The lowest BCUT2D eigenvalue weighted by atomic mass is 9.60.